The number of amides is 1. The molecule has 7 heavy (non-hydrogen) atoms. The molecule has 5 heteroatoms. The van der Waals surface area contributed by atoms with Crippen molar-refractivity contribution in [1.82, 2.24) is 4.72 Å². The van der Waals surface area contributed by atoms with E-state index in [1.54, 1.807) is 4.72 Å². The minimum absolute atomic E-state index is 0.559. The van der Waals surface area contributed by atoms with Crippen molar-refractivity contribution in [2.75, 3.05) is 0 Å². The van der Waals surface area contributed by atoms with Gasteiger partial charge in [0, 0.05) is 6.92 Å². The summed E-state index contributed by atoms with van der Waals surface area (Å²) >= 11 is 0. The number of hydrogen-bond acceptors (Lipinski definition) is 3. The van der Waals surface area contributed by atoms with E-state index < -0.39 is 16.8 Å². The van der Waals surface area contributed by atoms with E-state index in [1.807, 2.05) is 0 Å². The number of thiol groups is 1. The number of carbonyl (C=O) groups is 1. The molecule has 4 nitrogen and oxygen atoms in total. The summed E-state index contributed by atoms with van der Waals surface area (Å²) < 4.78 is 20.6. The molecule has 0 fully saturated rings. The summed E-state index contributed by atoms with van der Waals surface area (Å²) in [6, 6.07) is 0. The topological polar surface area (TPSA) is 63.2 Å². The third-order valence-electron chi connectivity index (χ3n) is 0.249. The summed E-state index contributed by atoms with van der Waals surface area (Å²) in [5.41, 5.74) is 0. The van der Waals surface area contributed by atoms with E-state index in [1.165, 1.54) is 0 Å². The van der Waals surface area contributed by atoms with Crippen LogP contribution < -0.4 is 4.72 Å². The summed E-state index contributed by atoms with van der Waals surface area (Å²) in [5, 5.41) is 0. The molecule has 0 atom stereocenters. The summed E-state index contributed by atoms with van der Waals surface area (Å²) in [5.74, 6) is -0.559. The predicted octanol–water partition coefficient (Wildman–Crippen LogP) is -1.35. The van der Waals surface area contributed by atoms with E-state index in [9.17, 15) is 13.2 Å². The van der Waals surface area contributed by atoms with Gasteiger partial charge in [-0.05, 0) is 0 Å². The molecule has 0 aromatic heterocycles. The van der Waals surface area contributed by atoms with Crippen LogP contribution in [0.3, 0.4) is 0 Å². The van der Waals surface area contributed by atoms with Crippen LogP contribution in [-0.2, 0) is 15.7 Å². The van der Waals surface area contributed by atoms with Crippen molar-refractivity contribution < 1.29 is 13.2 Å². The molecule has 0 bridgehead atoms. The van der Waals surface area contributed by atoms with Gasteiger partial charge in [-0.3, -0.25) is 9.52 Å². The van der Waals surface area contributed by atoms with Gasteiger partial charge in [-0.15, -0.1) is 0 Å². The van der Waals surface area contributed by atoms with Crippen LogP contribution in [0, 0.1) is 0 Å². The lowest BCUT2D eigenvalue weighted by molar-refractivity contribution is -0.117. The summed E-state index contributed by atoms with van der Waals surface area (Å²) in [4.78, 5) is 9.76. The molecule has 1 amide bonds. The van der Waals surface area contributed by atoms with Crippen molar-refractivity contribution in [3.05, 3.63) is 0 Å². The van der Waals surface area contributed by atoms with Gasteiger partial charge in [-0.2, -0.15) is 0 Å². The minimum Gasteiger partial charge on any atom is -0.274 e. The maximum atomic E-state index is 9.76. The van der Waals surface area contributed by atoms with Gasteiger partial charge in [-0.1, -0.05) is 0 Å². The van der Waals surface area contributed by atoms with Crippen LogP contribution in [-0.4, -0.2) is 14.3 Å². The Balaban J connectivity index is 3.53. The summed E-state index contributed by atoms with van der Waals surface area (Å²) in [6.07, 6.45) is 0. The van der Waals surface area contributed by atoms with Crippen LogP contribution in [0.4, 0.5) is 0 Å². The van der Waals surface area contributed by atoms with Crippen molar-refractivity contribution in [1.29, 1.82) is 0 Å². The number of rotatable bonds is 1. The summed E-state index contributed by atoms with van der Waals surface area (Å²) in [7, 11) is -2.74. The van der Waals surface area contributed by atoms with E-state index in [0.29, 0.717) is 0 Å². The highest BCUT2D eigenvalue weighted by molar-refractivity contribution is 7.70. The average Bonchev–Trinajstić information content (AvgIpc) is 1.27. The summed E-state index contributed by atoms with van der Waals surface area (Å²) in [6.45, 7) is 1.13. The van der Waals surface area contributed by atoms with Gasteiger partial charge >= 0.3 is 0 Å². The Morgan fingerprint density at radius 1 is 1.57 bits per heavy atom. The highest BCUT2D eigenvalue weighted by atomic mass is 32.2. The zero-order chi connectivity index (χ0) is 5.86. The fourth-order valence-corrected chi connectivity index (χ4v) is 0.386. The Labute approximate surface area is 42.6 Å². The Morgan fingerprint density at radius 3 is 2.00 bits per heavy atom. The molecule has 0 aliphatic heterocycles. The third kappa shape index (κ3) is 5.42. The predicted molar refractivity (Wildman–Crippen MR) is 24.1 cm³/mol. The lowest BCUT2D eigenvalue weighted by atomic mass is 10.8. The quantitative estimate of drug-likeness (QED) is 0.424. The molecule has 0 aliphatic carbocycles. The van der Waals surface area contributed by atoms with Crippen LogP contribution in [0.1, 0.15) is 6.92 Å². The molecule has 0 spiro atoms. The molecule has 0 radical (unpaired) electrons. The largest absolute Gasteiger partial charge is 0.274 e. The van der Waals surface area contributed by atoms with Crippen LogP contribution in [0.5, 0.6) is 0 Å². The molecular formula is C2H5NO3S. The Kier molecular flexibility index (Phi) is 2.36. The molecule has 42 valence electrons. The lowest BCUT2D eigenvalue weighted by Gasteiger charge is -1.81. The van der Waals surface area contributed by atoms with E-state index in [2.05, 4.69) is 0 Å². The number of hydrogen-bond donors (Lipinski definition) is 2. The fourth-order valence-electron chi connectivity index (χ4n) is 0.129. The van der Waals surface area contributed by atoms with Crippen molar-refractivity contribution in [2.45, 2.75) is 6.92 Å². The van der Waals surface area contributed by atoms with Crippen LogP contribution in [0.2, 0.25) is 0 Å². The van der Waals surface area contributed by atoms with E-state index in [4.69, 9.17) is 0 Å². The van der Waals surface area contributed by atoms with Crippen LogP contribution in [0.15, 0.2) is 0 Å². The third-order valence-corrected chi connectivity index (χ3v) is 0.746. The molecule has 0 aromatic carbocycles. The second-order valence-electron chi connectivity index (χ2n) is 0.925. The first-order valence-corrected chi connectivity index (χ1v) is 2.72. The SMILES string of the molecule is CC(=O)N[SH](=O)=O. The second kappa shape index (κ2) is 2.57. The molecule has 1 N–H and O–H groups in total. The van der Waals surface area contributed by atoms with Gasteiger partial charge in [-0.25, -0.2) is 8.42 Å². The first-order valence-electron chi connectivity index (χ1n) is 1.54. The molecule has 0 unspecified atom stereocenters. The molecule has 0 heterocycles. The first kappa shape index (κ1) is 6.42. The normalized spacial score (nSPS) is 8.86. The van der Waals surface area contributed by atoms with Crippen molar-refractivity contribution >= 4 is 16.8 Å². The average molecular weight is 123 g/mol. The molecule has 0 aliphatic rings. The van der Waals surface area contributed by atoms with Gasteiger partial charge in [0.05, 0.1) is 0 Å². The molecule has 0 rings (SSSR count). The fraction of sp³-hybridized carbons (Fsp3) is 0.500. The maximum absolute atomic E-state index is 9.76. The van der Waals surface area contributed by atoms with Crippen molar-refractivity contribution in [3.8, 4) is 0 Å². The van der Waals surface area contributed by atoms with Crippen LogP contribution >= 0.6 is 0 Å². The molecule has 0 saturated carbocycles. The van der Waals surface area contributed by atoms with Crippen LogP contribution in [0.25, 0.3) is 0 Å². The minimum atomic E-state index is -2.74. The standard InChI is InChI=1S/C2H5NO3S/c1-2(4)3-7(5)6/h7H,1H3,(H,3,4,5,6). The zero-order valence-corrected chi connectivity index (χ0v) is 4.57. The smallest absolute Gasteiger partial charge is 0.230 e. The zero-order valence-electron chi connectivity index (χ0n) is 3.67. The van der Waals surface area contributed by atoms with E-state index in [0.717, 1.165) is 6.92 Å². The van der Waals surface area contributed by atoms with E-state index >= 15 is 0 Å². The van der Waals surface area contributed by atoms with E-state index in [-0.39, 0.29) is 0 Å². The van der Waals surface area contributed by atoms with Crippen molar-refractivity contribution in [2.24, 2.45) is 0 Å². The Morgan fingerprint density at radius 2 is 2.00 bits per heavy atom. The number of carbonyl (C=O) groups excluding carboxylic acids is 1. The van der Waals surface area contributed by atoms with Gasteiger partial charge < -0.3 is 0 Å². The maximum Gasteiger partial charge on any atom is 0.230 e. The van der Waals surface area contributed by atoms with Gasteiger partial charge in [0.2, 0.25) is 16.8 Å². The molecule has 0 aromatic rings. The monoisotopic (exact) mass is 123 g/mol. The molecule has 0 saturated heterocycles. The highest BCUT2D eigenvalue weighted by Crippen LogP contribution is 1.54. The van der Waals surface area contributed by atoms with Gasteiger partial charge in [0.25, 0.3) is 0 Å². The highest BCUT2D eigenvalue weighted by Gasteiger charge is 1.84. The lowest BCUT2D eigenvalue weighted by Crippen LogP contribution is -2.16. The van der Waals surface area contributed by atoms with Crippen molar-refractivity contribution in [3.63, 3.8) is 0 Å². The first-order chi connectivity index (χ1) is 3.13. The van der Waals surface area contributed by atoms with Gasteiger partial charge in [0.15, 0.2) is 0 Å². The van der Waals surface area contributed by atoms with Gasteiger partial charge in [0.1, 0.15) is 0 Å². The second-order valence-corrected chi connectivity index (χ2v) is 1.66. The Bertz CT molecular complexity index is 130. The number of nitrogens with one attached hydrogen (secondary N) is 1. The molecular weight excluding hydrogens is 118 g/mol. The Hall–Kier alpha value is -0.580.